The fourth-order valence-electron chi connectivity index (χ4n) is 2.57. The van der Waals surface area contributed by atoms with E-state index in [9.17, 15) is 13.2 Å². The van der Waals surface area contributed by atoms with Crippen LogP contribution in [0.25, 0.3) is 0 Å². The third kappa shape index (κ3) is 4.03. The Morgan fingerprint density at radius 1 is 1.35 bits per heavy atom. The summed E-state index contributed by atoms with van der Waals surface area (Å²) in [5, 5.41) is 0. The molecule has 0 amide bonds. The predicted octanol–water partition coefficient (Wildman–Crippen LogP) is 1.97. The SMILES string of the molecule is COC(=O)c1ccc(CS(=O)(=O)CC2CCCC2)nc1. The second kappa shape index (κ2) is 6.35. The van der Waals surface area contributed by atoms with E-state index in [2.05, 4.69) is 9.72 Å². The monoisotopic (exact) mass is 297 g/mol. The number of nitrogens with zero attached hydrogens (tertiary/aromatic N) is 1. The van der Waals surface area contributed by atoms with Gasteiger partial charge in [-0.3, -0.25) is 4.98 Å². The summed E-state index contributed by atoms with van der Waals surface area (Å²) in [6.07, 6.45) is 5.63. The number of methoxy groups -OCH3 is 1. The highest BCUT2D eigenvalue weighted by Gasteiger charge is 2.23. The number of esters is 1. The number of rotatable bonds is 5. The van der Waals surface area contributed by atoms with Crippen LogP contribution >= 0.6 is 0 Å². The van der Waals surface area contributed by atoms with Gasteiger partial charge in [0.15, 0.2) is 9.84 Å². The van der Waals surface area contributed by atoms with Gasteiger partial charge in [0.05, 0.1) is 29.9 Å². The molecule has 1 aliphatic rings. The molecule has 0 aliphatic heterocycles. The highest BCUT2D eigenvalue weighted by atomic mass is 32.2. The summed E-state index contributed by atoms with van der Waals surface area (Å²) in [6.45, 7) is 0. The molecule has 1 fully saturated rings. The Morgan fingerprint density at radius 3 is 2.60 bits per heavy atom. The molecule has 1 aliphatic carbocycles. The Hall–Kier alpha value is -1.43. The molecular weight excluding hydrogens is 278 g/mol. The van der Waals surface area contributed by atoms with Crippen LogP contribution in [0.2, 0.25) is 0 Å². The maximum atomic E-state index is 12.1. The van der Waals surface area contributed by atoms with Crippen molar-refractivity contribution in [1.82, 2.24) is 4.98 Å². The van der Waals surface area contributed by atoms with Gasteiger partial charge in [0.1, 0.15) is 0 Å². The fraction of sp³-hybridized carbons (Fsp3) is 0.571. The molecule has 1 aromatic rings. The average molecular weight is 297 g/mol. The van der Waals surface area contributed by atoms with Crippen molar-refractivity contribution in [2.45, 2.75) is 31.4 Å². The maximum absolute atomic E-state index is 12.1. The molecule has 1 heterocycles. The van der Waals surface area contributed by atoms with E-state index in [1.54, 1.807) is 12.1 Å². The Kier molecular flexibility index (Phi) is 4.75. The van der Waals surface area contributed by atoms with Crippen LogP contribution in [0.4, 0.5) is 0 Å². The van der Waals surface area contributed by atoms with Gasteiger partial charge in [-0.2, -0.15) is 0 Å². The first kappa shape index (κ1) is 15.0. The number of pyridine rings is 1. The fourth-order valence-corrected chi connectivity index (χ4v) is 4.36. The van der Waals surface area contributed by atoms with Crippen molar-refractivity contribution in [3.05, 3.63) is 29.6 Å². The van der Waals surface area contributed by atoms with Gasteiger partial charge in [-0.05, 0) is 30.9 Å². The van der Waals surface area contributed by atoms with Crippen LogP contribution in [0.5, 0.6) is 0 Å². The third-order valence-electron chi connectivity index (χ3n) is 3.58. The standard InChI is InChI=1S/C14H19NO4S/c1-19-14(16)12-6-7-13(15-8-12)10-20(17,18)9-11-4-2-3-5-11/h6-8,11H,2-5,9-10H2,1H3. The molecule has 0 aromatic carbocycles. The largest absolute Gasteiger partial charge is 0.465 e. The van der Waals surface area contributed by atoms with Crippen molar-refractivity contribution < 1.29 is 17.9 Å². The van der Waals surface area contributed by atoms with Gasteiger partial charge in [-0.25, -0.2) is 13.2 Å². The quantitative estimate of drug-likeness (QED) is 0.777. The second-order valence-electron chi connectivity index (χ2n) is 5.23. The summed E-state index contributed by atoms with van der Waals surface area (Å²) < 4.78 is 28.8. The summed E-state index contributed by atoms with van der Waals surface area (Å²) in [6, 6.07) is 3.11. The van der Waals surface area contributed by atoms with E-state index in [0.717, 1.165) is 25.7 Å². The van der Waals surface area contributed by atoms with Crippen LogP contribution in [0.3, 0.4) is 0 Å². The van der Waals surface area contributed by atoms with Crippen LogP contribution in [0, 0.1) is 5.92 Å². The lowest BCUT2D eigenvalue weighted by Crippen LogP contribution is -2.16. The molecular formula is C14H19NO4S. The highest BCUT2D eigenvalue weighted by Crippen LogP contribution is 2.26. The smallest absolute Gasteiger partial charge is 0.339 e. The van der Waals surface area contributed by atoms with Crippen LogP contribution in [0.15, 0.2) is 18.3 Å². The molecule has 0 spiro atoms. The molecule has 1 saturated carbocycles. The van der Waals surface area contributed by atoms with Gasteiger partial charge in [0, 0.05) is 6.20 Å². The lowest BCUT2D eigenvalue weighted by Gasteiger charge is -2.09. The first-order valence-corrected chi connectivity index (χ1v) is 8.56. The van der Waals surface area contributed by atoms with Gasteiger partial charge in [-0.15, -0.1) is 0 Å². The topological polar surface area (TPSA) is 73.3 Å². The zero-order valence-corrected chi connectivity index (χ0v) is 12.4. The van der Waals surface area contributed by atoms with Crippen molar-refractivity contribution in [3.63, 3.8) is 0 Å². The number of hydrogen-bond donors (Lipinski definition) is 0. The minimum Gasteiger partial charge on any atom is -0.465 e. The second-order valence-corrected chi connectivity index (χ2v) is 7.34. The van der Waals surface area contributed by atoms with Crippen molar-refractivity contribution in [3.8, 4) is 0 Å². The predicted molar refractivity (Wildman–Crippen MR) is 75.0 cm³/mol. The summed E-state index contributed by atoms with van der Waals surface area (Å²) in [4.78, 5) is 15.3. The van der Waals surface area contributed by atoms with Crippen molar-refractivity contribution in [2.24, 2.45) is 5.92 Å². The lowest BCUT2D eigenvalue weighted by molar-refractivity contribution is 0.0600. The van der Waals surface area contributed by atoms with E-state index in [1.165, 1.54) is 13.3 Å². The van der Waals surface area contributed by atoms with Crippen molar-refractivity contribution in [1.29, 1.82) is 0 Å². The molecule has 20 heavy (non-hydrogen) atoms. The Morgan fingerprint density at radius 2 is 2.05 bits per heavy atom. The molecule has 2 rings (SSSR count). The summed E-state index contributed by atoms with van der Waals surface area (Å²) in [5.41, 5.74) is 0.792. The van der Waals surface area contributed by atoms with E-state index < -0.39 is 15.8 Å². The Labute approximate surface area is 119 Å². The van der Waals surface area contributed by atoms with Gasteiger partial charge in [0.25, 0.3) is 0 Å². The molecule has 0 unspecified atom stereocenters. The molecule has 0 N–H and O–H groups in total. The normalized spacial score (nSPS) is 16.2. The van der Waals surface area contributed by atoms with Crippen LogP contribution < -0.4 is 0 Å². The molecule has 1 aromatic heterocycles. The maximum Gasteiger partial charge on any atom is 0.339 e. The van der Waals surface area contributed by atoms with E-state index in [4.69, 9.17) is 0 Å². The summed E-state index contributed by atoms with van der Waals surface area (Å²) >= 11 is 0. The molecule has 0 radical (unpaired) electrons. The summed E-state index contributed by atoms with van der Waals surface area (Å²) in [5.74, 6) is 0.00507. The number of aromatic nitrogens is 1. The van der Waals surface area contributed by atoms with E-state index in [-0.39, 0.29) is 11.5 Å². The van der Waals surface area contributed by atoms with Gasteiger partial charge in [0.2, 0.25) is 0 Å². The lowest BCUT2D eigenvalue weighted by atomic mass is 10.1. The minimum atomic E-state index is -3.14. The van der Waals surface area contributed by atoms with Crippen LogP contribution in [-0.4, -0.2) is 32.2 Å². The molecule has 6 heteroatoms. The number of sulfone groups is 1. The Balaban J connectivity index is 1.99. The van der Waals surface area contributed by atoms with E-state index in [0.29, 0.717) is 17.2 Å². The van der Waals surface area contributed by atoms with Crippen LogP contribution in [-0.2, 0) is 20.3 Å². The van der Waals surface area contributed by atoms with E-state index in [1.807, 2.05) is 0 Å². The molecule has 0 atom stereocenters. The number of carbonyl (C=O) groups excluding carboxylic acids is 1. The third-order valence-corrected chi connectivity index (χ3v) is 5.29. The zero-order chi connectivity index (χ0) is 14.6. The first-order chi connectivity index (χ1) is 9.50. The van der Waals surface area contributed by atoms with Gasteiger partial charge in [-0.1, -0.05) is 12.8 Å². The van der Waals surface area contributed by atoms with Crippen molar-refractivity contribution in [2.75, 3.05) is 12.9 Å². The molecule has 0 bridgehead atoms. The minimum absolute atomic E-state index is 0.0645. The molecule has 5 nitrogen and oxygen atoms in total. The molecule has 110 valence electrons. The number of ether oxygens (including phenoxy) is 1. The zero-order valence-electron chi connectivity index (χ0n) is 11.5. The molecule has 0 saturated heterocycles. The average Bonchev–Trinajstić information content (AvgIpc) is 2.90. The van der Waals surface area contributed by atoms with Gasteiger partial charge >= 0.3 is 5.97 Å². The van der Waals surface area contributed by atoms with Crippen molar-refractivity contribution >= 4 is 15.8 Å². The number of hydrogen-bond acceptors (Lipinski definition) is 5. The van der Waals surface area contributed by atoms with E-state index >= 15 is 0 Å². The number of carbonyl (C=O) groups is 1. The Bertz CT molecular complexity index is 559. The first-order valence-electron chi connectivity index (χ1n) is 6.74. The van der Waals surface area contributed by atoms with Crippen LogP contribution in [0.1, 0.15) is 41.7 Å². The van der Waals surface area contributed by atoms with Gasteiger partial charge < -0.3 is 4.74 Å². The summed E-state index contributed by atoms with van der Waals surface area (Å²) in [7, 11) is -1.84. The highest BCUT2D eigenvalue weighted by molar-refractivity contribution is 7.90.